The third-order valence-electron chi connectivity index (χ3n) is 9.16. The molecule has 2 saturated heterocycles. The zero-order valence-electron chi connectivity index (χ0n) is 20.3. The molecule has 4 aliphatic rings. The molecule has 34 heavy (non-hydrogen) atoms. The van der Waals surface area contributed by atoms with Gasteiger partial charge < -0.3 is 9.30 Å². The molecule has 5 atom stereocenters. The second kappa shape index (κ2) is 9.10. The van der Waals surface area contributed by atoms with Gasteiger partial charge in [0.25, 0.3) is 5.56 Å². The molecule has 6 nitrogen and oxygen atoms in total. The van der Waals surface area contributed by atoms with Crippen molar-refractivity contribution in [1.82, 2.24) is 14.5 Å². The van der Waals surface area contributed by atoms with Crippen molar-refractivity contribution >= 4 is 17.0 Å². The van der Waals surface area contributed by atoms with Gasteiger partial charge in [-0.25, -0.2) is 9.78 Å². The van der Waals surface area contributed by atoms with E-state index in [0.717, 1.165) is 36.2 Å². The Hall–Kier alpha value is -2.21. The first-order chi connectivity index (χ1) is 16.6. The maximum Gasteiger partial charge on any atom is 0.362 e. The van der Waals surface area contributed by atoms with Crippen molar-refractivity contribution in [3.05, 3.63) is 40.3 Å². The zero-order chi connectivity index (χ0) is 23.2. The number of ether oxygens (including phenoxy) is 1. The Morgan fingerprint density at radius 2 is 1.59 bits per heavy atom. The van der Waals surface area contributed by atoms with Gasteiger partial charge in [-0.05, 0) is 75.8 Å². The van der Waals surface area contributed by atoms with Crippen molar-refractivity contribution in [3.63, 3.8) is 0 Å². The number of carbonyl (C=O) groups is 1. The Bertz CT molecular complexity index is 1100. The van der Waals surface area contributed by atoms with E-state index in [1.54, 1.807) is 6.92 Å². The normalized spacial score (nSPS) is 33.6. The van der Waals surface area contributed by atoms with E-state index in [1.165, 1.54) is 57.8 Å². The Morgan fingerprint density at radius 3 is 2.29 bits per heavy atom. The van der Waals surface area contributed by atoms with E-state index in [9.17, 15) is 9.59 Å². The molecule has 0 amide bonds. The lowest BCUT2D eigenvalue weighted by atomic mass is 9.68. The number of hydrogen-bond donors (Lipinski definition) is 0. The average Bonchev–Trinajstić information content (AvgIpc) is 2.82. The van der Waals surface area contributed by atoms with Crippen molar-refractivity contribution in [2.45, 2.75) is 102 Å². The van der Waals surface area contributed by atoms with E-state index >= 15 is 0 Å². The highest BCUT2D eigenvalue weighted by atomic mass is 16.5. The molecule has 6 rings (SSSR count). The number of aromatic nitrogens is 2. The largest absolute Gasteiger partial charge is 0.461 e. The number of fused-ring (bicyclic) bond motifs is 5. The van der Waals surface area contributed by atoms with Crippen molar-refractivity contribution < 1.29 is 9.53 Å². The van der Waals surface area contributed by atoms with Gasteiger partial charge in [0.2, 0.25) is 5.69 Å². The van der Waals surface area contributed by atoms with Crippen LogP contribution in [0.5, 0.6) is 0 Å². The molecule has 2 aliphatic heterocycles. The number of hydrogen-bond acceptors (Lipinski definition) is 5. The van der Waals surface area contributed by atoms with E-state index < -0.39 is 5.97 Å². The van der Waals surface area contributed by atoms with E-state index in [0.29, 0.717) is 17.6 Å². The lowest BCUT2D eigenvalue weighted by molar-refractivity contribution is -0.0486. The van der Waals surface area contributed by atoms with Gasteiger partial charge >= 0.3 is 5.97 Å². The molecule has 2 unspecified atom stereocenters. The fraction of sp³-hybridized carbons (Fsp3) is 0.679. The van der Waals surface area contributed by atoms with Gasteiger partial charge in [-0.15, -0.1) is 0 Å². The molecule has 1 aromatic heterocycles. The van der Waals surface area contributed by atoms with Crippen LogP contribution in [0.2, 0.25) is 0 Å². The average molecular weight is 464 g/mol. The number of rotatable bonds is 4. The van der Waals surface area contributed by atoms with Gasteiger partial charge in [0.05, 0.1) is 17.6 Å². The van der Waals surface area contributed by atoms with Crippen LogP contribution in [0.3, 0.4) is 0 Å². The first kappa shape index (κ1) is 22.3. The predicted octanol–water partition coefficient (Wildman–Crippen LogP) is 5.10. The van der Waals surface area contributed by atoms with Gasteiger partial charge in [0.15, 0.2) is 0 Å². The van der Waals surface area contributed by atoms with E-state index in [4.69, 9.17) is 4.74 Å². The van der Waals surface area contributed by atoms with E-state index in [1.807, 2.05) is 28.8 Å². The molecule has 1 aromatic carbocycles. The summed E-state index contributed by atoms with van der Waals surface area (Å²) < 4.78 is 7.08. The summed E-state index contributed by atoms with van der Waals surface area (Å²) in [5, 5.41) is 0. The highest BCUT2D eigenvalue weighted by molar-refractivity contribution is 5.89. The number of carbonyl (C=O) groups excluding carboxylic acids is 1. The van der Waals surface area contributed by atoms with Crippen LogP contribution < -0.4 is 5.56 Å². The summed E-state index contributed by atoms with van der Waals surface area (Å²) in [6.07, 6.45) is 14.2. The lowest BCUT2D eigenvalue weighted by Gasteiger charge is -2.55. The minimum Gasteiger partial charge on any atom is -0.461 e. The molecule has 0 radical (unpaired) electrons. The molecular formula is C28H37N3O3. The van der Waals surface area contributed by atoms with Crippen molar-refractivity contribution in [2.24, 2.45) is 11.8 Å². The lowest BCUT2D eigenvalue weighted by Crippen LogP contribution is -2.58. The summed E-state index contributed by atoms with van der Waals surface area (Å²) in [7, 11) is 0. The molecule has 2 aliphatic carbocycles. The van der Waals surface area contributed by atoms with Gasteiger partial charge in [-0.1, -0.05) is 37.8 Å². The number of nitrogens with zero attached hydrogens (tertiary/aromatic N) is 3. The van der Waals surface area contributed by atoms with Crippen molar-refractivity contribution in [2.75, 3.05) is 6.61 Å². The first-order valence-electron chi connectivity index (χ1n) is 13.6. The quantitative estimate of drug-likeness (QED) is 0.590. The third-order valence-corrected chi connectivity index (χ3v) is 9.16. The summed E-state index contributed by atoms with van der Waals surface area (Å²) >= 11 is 0. The first-order valence-corrected chi connectivity index (χ1v) is 13.6. The Labute approximate surface area is 201 Å². The van der Waals surface area contributed by atoms with Crippen LogP contribution in [0.1, 0.15) is 94.1 Å². The van der Waals surface area contributed by atoms with Crippen molar-refractivity contribution in [3.8, 4) is 0 Å². The summed E-state index contributed by atoms with van der Waals surface area (Å²) in [5.41, 5.74) is 1.16. The van der Waals surface area contributed by atoms with Crippen LogP contribution in [0.4, 0.5) is 0 Å². The van der Waals surface area contributed by atoms with Crippen LogP contribution >= 0.6 is 0 Å². The standard InChI is InChI=1S/C28H37N3O3/c1-2-34-28(33)26-27(32)31(25-12-4-3-11-24(25)29-26)23-16-20-9-6-10-21(17-23)30(20)22-14-18-7-5-8-19(13-18)15-22/h3-4,11-12,18-23H,2,5-10,13-17H2,1H3/t18?,19?,20-,21+,22?,23+. The molecule has 2 aromatic rings. The van der Waals surface area contributed by atoms with E-state index in [-0.39, 0.29) is 23.9 Å². The Morgan fingerprint density at radius 1 is 0.912 bits per heavy atom. The minimum atomic E-state index is -0.613. The maximum absolute atomic E-state index is 13.6. The SMILES string of the molecule is CCOC(=O)c1nc2ccccc2n([C@H]2C[C@H]3CCC[C@@H](C2)N3C2CC3CCCC(C3)C2)c1=O. The van der Waals surface area contributed by atoms with Gasteiger partial charge in [-0.3, -0.25) is 9.69 Å². The second-order valence-electron chi connectivity index (χ2n) is 11.2. The van der Waals surface area contributed by atoms with Gasteiger partial charge in [0.1, 0.15) is 0 Å². The number of piperidine rings is 2. The maximum atomic E-state index is 13.6. The molecule has 0 N–H and O–H groups in total. The van der Waals surface area contributed by atoms with Crippen molar-refractivity contribution in [1.29, 1.82) is 0 Å². The Balaban J connectivity index is 1.34. The molecule has 4 fully saturated rings. The molecule has 6 heteroatoms. The van der Waals surface area contributed by atoms with Gasteiger partial charge in [0, 0.05) is 24.2 Å². The molecule has 0 spiro atoms. The topological polar surface area (TPSA) is 64.4 Å². The number of para-hydroxylation sites is 2. The van der Waals surface area contributed by atoms with Crippen LogP contribution in [-0.4, -0.2) is 45.2 Å². The fourth-order valence-electron chi connectivity index (χ4n) is 7.98. The third kappa shape index (κ3) is 3.88. The van der Waals surface area contributed by atoms with Crippen LogP contribution in [0, 0.1) is 11.8 Å². The smallest absolute Gasteiger partial charge is 0.362 e. The summed E-state index contributed by atoms with van der Waals surface area (Å²) in [6.45, 7) is 1.99. The molecular weight excluding hydrogens is 426 g/mol. The molecule has 182 valence electrons. The zero-order valence-corrected chi connectivity index (χ0v) is 20.3. The van der Waals surface area contributed by atoms with E-state index in [2.05, 4.69) is 9.88 Å². The number of esters is 1. The molecule has 4 bridgehead atoms. The van der Waals surface area contributed by atoms with Crippen LogP contribution in [-0.2, 0) is 4.74 Å². The summed E-state index contributed by atoms with van der Waals surface area (Å²) in [6, 6.07) is 9.63. The van der Waals surface area contributed by atoms with Crippen LogP contribution in [0.25, 0.3) is 11.0 Å². The minimum absolute atomic E-state index is 0.0757. The molecule has 2 saturated carbocycles. The highest BCUT2D eigenvalue weighted by Crippen LogP contribution is 2.47. The summed E-state index contributed by atoms with van der Waals surface area (Å²) in [4.78, 5) is 33.5. The fourth-order valence-corrected chi connectivity index (χ4v) is 7.98. The molecule has 3 heterocycles. The van der Waals surface area contributed by atoms with Gasteiger partial charge in [-0.2, -0.15) is 0 Å². The monoisotopic (exact) mass is 463 g/mol. The Kier molecular flexibility index (Phi) is 5.96. The second-order valence-corrected chi connectivity index (χ2v) is 11.2. The van der Waals surface area contributed by atoms with Crippen LogP contribution in [0.15, 0.2) is 29.1 Å². The predicted molar refractivity (Wildman–Crippen MR) is 132 cm³/mol. The number of benzene rings is 1. The highest BCUT2D eigenvalue weighted by Gasteiger charge is 2.45. The summed E-state index contributed by atoms with van der Waals surface area (Å²) in [5.74, 6) is 1.24.